The number of nitrogens with zero attached hydrogens (tertiary/aromatic N) is 1. The first-order valence-electron chi connectivity index (χ1n) is 8.20. The monoisotopic (exact) mass is 371 g/mol. The minimum atomic E-state index is 0.185. The minimum absolute atomic E-state index is 0.185. The summed E-state index contributed by atoms with van der Waals surface area (Å²) < 4.78 is 5.26. The number of aryl methyl sites for hydroxylation is 1. The molecule has 1 amide bonds. The fourth-order valence-corrected chi connectivity index (χ4v) is 4.09. The van der Waals surface area contributed by atoms with E-state index >= 15 is 0 Å². The first-order valence-corrected chi connectivity index (χ1v) is 9.96. The van der Waals surface area contributed by atoms with Gasteiger partial charge in [-0.2, -0.15) is 0 Å². The van der Waals surface area contributed by atoms with Gasteiger partial charge in [0.15, 0.2) is 0 Å². The van der Waals surface area contributed by atoms with Gasteiger partial charge in [-0.15, -0.1) is 22.7 Å². The van der Waals surface area contributed by atoms with E-state index in [1.54, 1.807) is 29.8 Å². The molecule has 0 bridgehead atoms. The van der Waals surface area contributed by atoms with Crippen LogP contribution in [-0.4, -0.2) is 17.9 Å². The Bertz CT molecular complexity index is 746. The molecule has 0 aliphatic carbocycles. The number of methoxy groups -OCH3 is 1. The van der Waals surface area contributed by atoms with Gasteiger partial charge in [-0.05, 0) is 47.0 Å². The molecule has 0 atom stereocenters. The highest BCUT2D eigenvalue weighted by molar-refractivity contribution is 7.10. The summed E-state index contributed by atoms with van der Waals surface area (Å²) in [5.41, 5.74) is 1.12. The Balaban J connectivity index is 1.65. The molecule has 5 heteroatoms. The zero-order valence-electron chi connectivity index (χ0n) is 14.2. The van der Waals surface area contributed by atoms with Gasteiger partial charge < -0.3 is 9.64 Å². The molecule has 3 aromatic rings. The lowest BCUT2D eigenvalue weighted by atomic mass is 10.1. The molecule has 1 aromatic carbocycles. The molecule has 0 aliphatic heterocycles. The molecule has 130 valence electrons. The lowest BCUT2D eigenvalue weighted by Gasteiger charge is -2.21. The Labute approximate surface area is 156 Å². The van der Waals surface area contributed by atoms with Gasteiger partial charge in [0.2, 0.25) is 5.91 Å². The van der Waals surface area contributed by atoms with Crippen molar-refractivity contribution in [3.05, 3.63) is 74.6 Å². The van der Waals surface area contributed by atoms with Crippen LogP contribution in [0.3, 0.4) is 0 Å². The molecule has 0 fully saturated rings. The van der Waals surface area contributed by atoms with Gasteiger partial charge in [0.25, 0.3) is 0 Å². The number of hydrogen-bond donors (Lipinski definition) is 0. The topological polar surface area (TPSA) is 29.5 Å². The largest absolute Gasteiger partial charge is 0.497 e. The summed E-state index contributed by atoms with van der Waals surface area (Å²) >= 11 is 3.39. The van der Waals surface area contributed by atoms with E-state index in [1.807, 2.05) is 41.3 Å². The fourth-order valence-electron chi connectivity index (χ4n) is 2.65. The quantitative estimate of drug-likeness (QED) is 0.559. The first kappa shape index (κ1) is 17.7. The van der Waals surface area contributed by atoms with Crippen LogP contribution in [0.1, 0.15) is 21.7 Å². The van der Waals surface area contributed by atoms with Crippen LogP contribution < -0.4 is 4.74 Å². The fraction of sp³-hybridized carbons (Fsp3) is 0.250. The molecular formula is C20H21NO2S2. The Hall–Kier alpha value is -2.11. The number of ether oxygens (including phenoxy) is 1. The van der Waals surface area contributed by atoms with Gasteiger partial charge in [0, 0.05) is 16.2 Å². The zero-order chi connectivity index (χ0) is 17.5. The van der Waals surface area contributed by atoms with Crippen LogP contribution in [0.25, 0.3) is 0 Å². The maximum atomic E-state index is 12.8. The second-order valence-electron chi connectivity index (χ2n) is 5.76. The Morgan fingerprint density at radius 2 is 1.68 bits per heavy atom. The van der Waals surface area contributed by atoms with Crippen LogP contribution in [0, 0.1) is 0 Å². The third-order valence-corrected chi connectivity index (χ3v) is 5.69. The summed E-state index contributed by atoms with van der Waals surface area (Å²) in [6.07, 6.45) is 1.23. The second kappa shape index (κ2) is 8.83. The molecular weight excluding hydrogens is 350 g/mol. The van der Waals surface area contributed by atoms with Crippen molar-refractivity contribution in [1.29, 1.82) is 0 Å². The van der Waals surface area contributed by atoms with Crippen LogP contribution in [0.15, 0.2) is 59.3 Å². The number of carbonyl (C=O) groups excluding carboxylic acids is 1. The number of amides is 1. The second-order valence-corrected chi connectivity index (χ2v) is 7.82. The van der Waals surface area contributed by atoms with E-state index in [2.05, 4.69) is 22.9 Å². The summed E-state index contributed by atoms with van der Waals surface area (Å²) in [5.74, 6) is 1.02. The number of rotatable bonds is 8. The Morgan fingerprint density at radius 1 is 1.00 bits per heavy atom. The van der Waals surface area contributed by atoms with Crippen molar-refractivity contribution in [2.45, 2.75) is 25.9 Å². The maximum Gasteiger partial charge on any atom is 0.223 e. The standard InChI is InChI=1S/C20H21NO2S2/c1-23-17-6-2-5-16(13-17)9-10-20(22)21(14-18-7-3-11-24-18)15-19-8-4-12-25-19/h2-8,11-13H,9-10,14-15H2,1H3. The van der Waals surface area contributed by atoms with Gasteiger partial charge in [-0.1, -0.05) is 24.3 Å². The Kier molecular flexibility index (Phi) is 6.25. The van der Waals surface area contributed by atoms with Gasteiger partial charge in [-0.3, -0.25) is 4.79 Å². The lowest BCUT2D eigenvalue weighted by Crippen LogP contribution is -2.29. The summed E-state index contributed by atoms with van der Waals surface area (Å²) in [4.78, 5) is 17.2. The average Bonchev–Trinajstić information content (AvgIpc) is 3.33. The molecule has 25 heavy (non-hydrogen) atoms. The van der Waals surface area contributed by atoms with E-state index in [-0.39, 0.29) is 5.91 Å². The van der Waals surface area contributed by atoms with Crippen LogP contribution in [0.2, 0.25) is 0 Å². The molecule has 0 aliphatic rings. The van der Waals surface area contributed by atoms with Gasteiger partial charge in [0.05, 0.1) is 20.2 Å². The predicted molar refractivity (Wildman–Crippen MR) is 104 cm³/mol. The van der Waals surface area contributed by atoms with Crippen LogP contribution >= 0.6 is 22.7 Å². The highest BCUT2D eigenvalue weighted by atomic mass is 32.1. The van der Waals surface area contributed by atoms with E-state index in [1.165, 1.54) is 9.75 Å². The first-order chi connectivity index (χ1) is 12.2. The molecule has 0 saturated carbocycles. The SMILES string of the molecule is COc1cccc(CCC(=O)N(Cc2cccs2)Cc2cccs2)c1. The molecule has 0 N–H and O–H groups in total. The van der Waals surface area contributed by atoms with E-state index in [9.17, 15) is 4.79 Å². The average molecular weight is 372 g/mol. The normalized spacial score (nSPS) is 10.6. The summed E-state index contributed by atoms with van der Waals surface area (Å²) in [7, 11) is 1.66. The van der Waals surface area contributed by atoms with Gasteiger partial charge in [-0.25, -0.2) is 0 Å². The summed E-state index contributed by atoms with van der Waals surface area (Å²) in [6, 6.07) is 16.2. The lowest BCUT2D eigenvalue weighted by molar-refractivity contribution is -0.132. The van der Waals surface area contributed by atoms with Gasteiger partial charge in [0.1, 0.15) is 5.75 Å². The minimum Gasteiger partial charge on any atom is -0.497 e. The third-order valence-electron chi connectivity index (χ3n) is 3.97. The molecule has 2 heterocycles. The van der Waals surface area contributed by atoms with Crippen LogP contribution in [-0.2, 0) is 24.3 Å². The van der Waals surface area contributed by atoms with Crippen molar-refractivity contribution >= 4 is 28.6 Å². The predicted octanol–water partition coefficient (Wildman–Crippen LogP) is 4.98. The van der Waals surface area contributed by atoms with E-state index in [0.29, 0.717) is 19.5 Å². The molecule has 2 aromatic heterocycles. The van der Waals surface area contributed by atoms with Crippen molar-refractivity contribution in [3.8, 4) is 5.75 Å². The maximum absolute atomic E-state index is 12.8. The number of hydrogen-bond acceptors (Lipinski definition) is 4. The summed E-state index contributed by atoms with van der Waals surface area (Å²) in [6.45, 7) is 1.35. The van der Waals surface area contributed by atoms with Crippen LogP contribution in [0.4, 0.5) is 0 Å². The van der Waals surface area contributed by atoms with Gasteiger partial charge >= 0.3 is 0 Å². The molecule has 0 radical (unpaired) electrons. The Morgan fingerprint density at radius 3 is 2.24 bits per heavy atom. The zero-order valence-corrected chi connectivity index (χ0v) is 15.8. The summed E-state index contributed by atoms with van der Waals surface area (Å²) in [5, 5.41) is 4.11. The molecule has 0 saturated heterocycles. The number of thiophene rings is 2. The highest BCUT2D eigenvalue weighted by Gasteiger charge is 2.16. The van der Waals surface area contributed by atoms with Crippen molar-refractivity contribution in [3.63, 3.8) is 0 Å². The molecule has 0 unspecified atom stereocenters. The highest BCUT2D eigenvalue weighted by Crippen LogP contribution is 2.19. The van der Waals surface area contributed by atoms with Crippen molar-refractivity contribution in [2.75, 3.05) is 7.11 Å². The van der Waals surface area contributed by atoms with E-state index in [0.717, 1.165) is 17.7 Å². The number of benzene rings is 1. The molecule has 3 nitrogen and oxygen atoms in total. The van der Waals surface area contributed by atoms with E-state index in [4.69, 9.17) is 4.74 Å². The molecule has 3 rings (SSSR count). The van der Waals surface area contributed by atoms with Crippen molar-refractivity contribution < 1.29 is 9.53 Å². The number of carbonyl (C=O) groups is 1. The van der Waals surface area contributed by atoms with E-state index < -0.39 is 0 Å². The third kappa shape index (κ3) is 5.18. The molecule has 0 spiro atoms. The van der Waals surface area contributed by atoms with Crippen molar-refractivity contribution in [2.24, 2.45) is 0 Å². The smallest absolute Gasteiger partial charge is 0.223 e. The van der Waals surface area contributed by atoms with Crippen molar-refractivity contribution in [1.82, 2.24) is 4.90 Å². The van der Waals surface area contributed by atoms with Crippen LogP contribution in [0.5, 0.6) is 5.75 Å².